The van der Waals surface area contributed by atoms with Crippen molar-refractivity contribution in [2.75, 3.05) is 5.75 Å². The van der Waals surface area contributed by atoms with Gasteiger partial charge in [-0.1, -0.05) is 65.8 Å². The van der Waals surface area contributed by atoms with Gasteiger partial charge >= 0.3 is 0 Å². The molecule has 0 fully saturated rings. The highest BCUT2D eigenvalue weighted by Crippen LogP contribution is 2.27. The highest BCUT2D eigenvalue weighted by molar-refractivity contribution is 8.00. The molecular formula is C17H28S. The summed E-state index contributed by atoms with van der Waals surface area (Å²) in [7, 11) is 0. The normalized spacial score (nSPS) is 12.8. The maximum Gasteiger partial charge on any atom is 0.00752 e. The van der Waals surface area contributed by atoms with Crippen molar-refractivity contribution in [3.63, 3.8) is 0 Å². The number of thioether (sulfide) groups is 1. The molecule has 0 aromatic heterocycles. The molecule has 0 aliphatic carbocycles. The van der Waals surface area contributed by atoms with Gasteiger partial charge in [0, 0.05) is 4.75 Å². The van der Waals surface area contributed by atoms with Crippen LogP contribution in [0.2, 0.25) is 0 Å². The highest BCUT2D eigenvalue weighted by Gasteiger charge is 2.14. The first-order valence-electron chi connectivity index (χ1n) is 6.88. The lowest BCUT2D eigenvalue weighted by Gasteiger charge is -2.21. The van der Waals surface area contributed by atoms with E-state index in [1.807, 2.05) is 0 Å². The molecule has 0 aliphatic heterocycles. The summed E-state index contributed by atoms with van der Waals surface area (Å²) in [6, 6.07) is 8.93. The molecule has 0 heterocycles. The second-order valence-corrected chi connectivity index (χ2v) is 9.14. The van der Waals surface area contributed by atoms with Gasteiger partial charge in [0.1, 0.15) is 0 Å². The fraction of sp³-hybridized carbons (Fsp3) is 0.647. The lowest BCUT2D eigenvalue weighted by Crippen LogP contribution is -2.12. The molecule has 0 amide bonds. The van der Waals surface area contributed by atoms with Crippen LogP contribution in [0.3, 0.4) is 0 Å². The highest BCUT2D eigenvalue weighted by atomic mass is 32.2. The van der Waals surface area contributed by atoms with E-state index in [2.05, 4.69) is 77.6 Å². The van der Waals surface area contributed by atoms with E-state index in [1.165, 1.54) is 29.7 Å². The van der Waals surface area contributed by atoms with Crippen molar-refractivity contribution in [2.45, 2.75) is 59.1 Å². The van der Waals surface area contributed by atoms with Crippen molar-refractivity contribution < 1.29 is 0 Å². The van der Waals surface area contributed by atoms with Crippen LogP contribution in [0.5, 0.6) is 0 Å². The van der Waals surface area contributed by atoms with E-state index in [-0.39, 0.29) is 0 Å². The van der Waals surface area contributed by atoms with E-state index in [0.29, 0.717) is 10.2 Å². The van der Waals surface area contributed by atoms with Gasteiger partial charge in [0.05, 0.1) is 0 Å². The summed E-state index contributed by atoms with van der Waals surface area (Å²) in [6.45, 7) is 13.8. The van der Waals surface area contributed by atoms with Crippen LogP contribution in [0.4, 0.5) is 0 Å². The maximum absolute atomic E-state index is 2.31. The monoisotopic (exact) mass is 264 g/mol. The second-order valence-electron chi connectivity index (χ2n) is 7.22. The van der Waals surface area contributed by atoms with Crippen molar-refractivity contribution in [3.05, 3.63) is 35.4 Å². The molecule has 0 saturated carbocycles. The fourth-order valence-electron chi connectivity index (χ4n) is 2.01. The standard InChI is InChI=1S/C17H28S/c1-16(2,3)13-15-10-8-7-9-14(15)11-12-18-17(4,5)6/h7-10H,11-13H2,1-6H3. The zero-order chi connectivity index (χ0) is 13.8. The van der Waals surface area contributed by atoms with Gasteiger partial charge in [-0.2, -0.15) is 11.8 Å². The van der Waals surface area contributed by atoms with Gasteiger partial charge < -0.3 is 0 Å². The first-order valence-corrected chi connectivity index (χ1v) is 7.87. The number of hydrogen-bond acceptors (Lipinski definition) is 1. The van der Waals surface area contributed by atoms with Crippen LogP contribution in [0.25, 0.3) is 0 Å². The summed E-state index contributed by atoms with van der Waals surface area (Å²) in [5, 5.41) is 0. The van der Waals surface area contributed by atoms with Crippen molar-refractivity contribution in [3.8, 4) is 0 Å². The Morgan fingerprint density at radius 1 is 0.889 bits per heavy atom. The van der Waals surface area contributed by atoms with Crippen LogP contribution in [0, 0.1) is 5.41 Å². The lowest BCUT2D eigenvalue weighted by molar-refractivity contribution is 0.410. The van der Waals surface area contributed by atoms with Crippen LogP contribution in [0.1, 0.15) is 52.7 Å². The summed E-state index contributed by atoms with van der Waals surface area (Å²) in [6.07, 6.45) is 2.36. The van der Waals surface area contributed by atoms with E-state index in [0.717, 1.165) is 0 Å². The van der Waals surface area contributed by atoms with E-state index < -0.39 is 0 Å². The Balaban J connectivity index is 2.65. The molecule has 1 heteroatoms. The topological polar surface area (TPSA) is 0 Å². The van der Waals surface area contributed by atoms with Gasteiger partial charge in [-0.3, -0.25) is 0 Å². The molecule has 0 radical (unpaired) electrons. The molecule has 1 rings (SSSR count). The average Bonchev–Trinajstić information content (AvgIpc) is 2.16. The van der Waals surface area contributed by atoms with Gasteiger partial charge in [0.25, 0.3) is 0 Å². The van der Waals surface area contributed by atoms with Gasteiger partial charge in [-0.15, -0.1) is 0 Å². The van der Waals surface area contributed by atoms with Crippen LogP contribution in [-0.2, 0) is 12.8 Å². The predicted molar refractivity (Wildman–Crippen MR) is 85.5 cm³/mol. The van der Waals surface area contributed by atoms with Gasteiger partial charge in [-0.25, -0.2) is 0 Å². The number of aryl methyl sites for hydroxylation is 1. The molecule has 0 saturated heterocycles. The largest absolute Gasteiger partial charge is 0.156 e. The molecule has 102 valence electrons. The van der Waals surface area contributed by atoms with Crippen LogP contribution >= 0.6 is 11.8 Å². The van der Waals surface area contributed by atoms with Gasteiger partial charge in [-0.05, 0) is 35.1 Å². The van der Waals surface area contributed by atoms with Crippen LogP contribution in [-0.4, -0.2) is 10.5 Å². The Hall–Kier alpha value is -0.430. The van der Waals surface area contributed by atoms with E-state index >= 15 is 0 Å². The Morgan fingerprint density at radius 2 is 1.44 bits per heavy atom. The first-order chi connectivity index (χ1) is 8.17. The van der Waals surface area contributed by atoms with E-state index in [9.17, 15) is 0 Å². The number of rotatable bonds is 4. The van der Waals surface area contributed by atoms with Gasteiger partial charge in [0.15, 0.2) is 0 Å². The van der Waals surface area contributed by atoms with Crippen molar-refractivity contribution in [1.29, 1.82) is 0 Å². The fourth-order valence-corrected chi connectivity index (χ4v) is 2.95. The Morgan fingerprint density at radius 3 is 1.94 bits per heavy atom. The van der Waals surface area contributed by atoms with Crippen LogP contribution in [0.15, 0.2) is 24.3 Å². The third kappa shape index (κ3) is 6.49. The molecule has 0 unspecified atom stereocenters. The molecule has 0 nitrogen and oxygen atoms in total. The minimum atomic E-state index is 0.368. The van der Waals surface area contributed by atoms with E-state index in [4.69, 9.17) is 0 Å². The Kier molecular flexibility index (Phi) is 5.33. The zero-order valence-electron chi connectivity index (χ0n) is 12.8. The van der Waals surface area contributed by atoms with Crippen LogP contribution < -0.4 is 0 Å². The summed E-state index contributed by atoms with van der Waals surface area (Å²) >= 11 is 2.06. The minimum Gasteiger partial charge on any atom is -0.156 e. The average molecular weight is 264 g/mol. The van der Waals surface area contributed by atoms with Crippen molar-refractivity contribution in [2.24, 2.45) is 5.41 Å². The second kappa shape index (κ2) is 6.14. The Bertz CT molecular complexity index is 366. The summed E-state index contributed by atoms with van der Waals surface area (Å²) < 4.78 is 0.374. The molecule has 0 N–H and O–H groups in total. The van der Waals surface area contributed by atoms with Gasteiger partial charge in [0.2, 0.25) is 0 Å². The molecule has 0 bridgehead atoms. The molecular weight excluding hydrogens is 236 g/mol. The Labute approximate surface area is 118 Å². The zero-order valence-corrected chi connectivity index (χ0v) is 13.7. The molecule has 1 aromatic carbocycles. The molecule has 1 aromatic rings. The number of benzene rings is 1. The third-order valence-electron chi connectivity index (χ3n) is 2.75. The maximum atomic E-state index is 2.31. The van der Waals surface area contributed by atoms with Crippen molar-refractivity contribution >= 4 is 11.8 Å². The molecule has 18 heavy (non-hydrogen) atoms. The summed E-state index contributed by atoms with van der Waals surface area (Å²) in [4.78, 5) is 0. The smallest absolute Gasteiger partial charge is 0.00752 e. The van der Waals surface area contributed by atoms with Crippen molar-refractivity contribution in [1.82, 2.24) is 0 Å². The summed E-state index contributed by atoms with van der Waals surface area (Å²) in [5.74, 6) is 1.21. The SMILES string of the molecule is CC(C)(C)Cc1ccccc1CCSC(C)(C)C. The molecule has 0 spiro atoms. The predicted octanol–water partition coefficient (Wildman–Crippen LogP) is 5.35. The quantitative estimate of drug-likeness (QED) is 0.706. The van der Waals surface area contributed by atoms with E-state index in [1.54, 1.807) is 0 Å². The number of hydrogen-bond donors (Lipinski definition) is 0. The lowest BCUT2D eigenvalue weighted by atomic mass is 9.86. The third-order valence-corrected chi connectivity index (χ3v) is 4.02. The molecule has 0 atom stereocenters. The summed E-state index contributed by atoms with van der Waals surface area (Å²) in [5.41, 5.74) is 3.43. The molecule has 0 aliphatic rings. The minimum absolute atomic E-state index is 0.368. The first kappa shape index (κ1) is 15.6.